The number of alkyl halides is 3. The number of ether oxygens (including phenoxy) is 2. The van der Waals surface area contributed by atoms with Crippen molar-refractivity contribution < 1.29 is 42.1 Å². The number of halogens is 3. The normalized spacial score (nSPS) is 12.1. The average Bonchev–Trinajstić information content (AvgIpc) is 2.99. The number of amidine groups is 1. The van der Waals surface area contributed by atoms with Crippen LogP contribution < -0.4 is 31.4 Å². The fourth-order valence-corrected chi connectivity index (χ4v) is 3.80. The number of carbonyl (C=O) groups is 3. The fraction of sp³-hybridized carbons (Fsp3) is 0.300. The minimum atomic E-state index is -5.08. The molecule has 2 aromatic carbocycles. The Morgan fingerprint density at radius 2 is 1.70 bits per heavy atom. The van der Waals surface area contributed by atoms with Gasteiger partial charge in [0.25, 0.3) is 11.8 Å². The Bertz CT molecular complexity index is 1470. The van der Waals surface area contributed by atoms with Gasteiger partial charge in [-0.05, 0) is 82.0 Å². The summed E-state index contributed by atoms with van der Waals surface area (Å²) >= 11 is 0. The molecule has 7 N–H and O–H groups in total. The molecule has 0 aliphatic rings. The maximum Gasteiger partial charge on any atom is 0.490 e. The number of hydrogen-bond acceptors (Lipinski definition) is 9. The number of aliphatic carboxylic acids is 1. The van der Waals surface area contributed by atoms with E-state index in [4.69, 9.17) is 30.5 Å². The van der Waals surface area contributed by atoms with Crippen molar-refractivity contribution in [2.24, 2.45) is 5.73 Å². The number of carbonyl (C=O) groups excluding carboxylic acids is 2. The number of rotatable bonds is 12. The van der Waals surface area contributed by atoms with E-state index in [2.05, 4.69) is 21.2 Å². The van der Waals surface area contributed by atoms with E-state index in [1.165, 1.54) is 12.3 Å². The van der Waals surface area contributed by atoms with Gasteiger partial charge < -0.3 is 30.5 Å². The first-order valence-electron chi connectivity index (χ1n) is 13.7. The number of hydrogen-bond donors (Lipinski definition) is 6. The van der Waals surface area contributed by atoms with Gasteiger partial charge in [-0.15, -0.1) is 0 Å². The topological polar surface area (TPSA) is 192 Å². The summed E-state index contributed by atoms with van der Waals surface area (Å²) in [6, 6.07) is 16.0. The largest absolute Gasteiger partial charge is 0.490 e. The molecular formula is C30H36F3N7O6. The van der Waals surface area contributed by atoms with E-state index >= 15 is 0 Å². The summed E-state index contributed by atoms with van der Waals surface area (Å²) in [4.78, 5) is 40.7. The monoisotopic (exact) mass is 647 g/mol. The number of amides is 2. The molecule has 0 bridgehead atoms. The Balaban J connectivity index is 0.000000942. The minimum absolute atomic E-state index is 0.0616. The van der Waals surface area contributed by atoms with Gasteiger partial charge in [0, 0.05) is 24.0 Å². The van der Waals surface area contributed by atoms with Crippen molar-refractivity contribution in [1.29, 1.82) is 5.41 Å². The van der Waals surface area contributed by atoms with Crippen LogP contribution in [0.3, 0.4) is 0 Å². The van der Waals surface area contributed by atoms with E-state index in [1.54, 1.807) is 54.6 Å². The molecule has 3 aromatic rings. The van der Waals surface area contributed by atoms with Gasteiger partial charge in [0.15, 0.2) is 11.5 Å². The highest BCUT2D eigenvalue weighted by molar-refractivity contribution is 5.96. The Labute approximate surface area is 263 Å². The maximum atomic E-state index is 13.4. The molecule has 2 atom stereocenters. The molecule has 0 spiro atoms. The molecule has 248 valence electrons. The molecule has 2 amide bonds. The molecule has 0 fully saturated rings. The lowest BCUT2D eigenvalue weighted by Crippen LogP contribution is -2.45. The highest BCUT2D eigenvalue weighted by Crippen LogP contribution is 2.33. The van der Waals surface area contributed by atoms with Crippen LogP contribution in [0.25, 0.3) is 0 Å². The van der Waals surface area contributed by atoms with Crippen molar-refractivity contribution in [3.05, 3.63) is 83.7 Å². The number of nitrogens with one attached hydrogen (secondary N) is 4. The molecule has 0 aliphatic heterocycles. The third kappa shape index (κ3) is 12.0. The SMILES string of the molecule is CCOc1cc(C(Nc2ccc(C(=N)N)cc2)C(=O)NNC(=O)c2ccccn2)ccc1OC(C)CN(C)C.O=C(O)C(F)(F)F. The number of nitrogen functional groups attached to an aromatic ring is 1. The van der Waals surface area contributed by atoms with Crippen molar-refractivity contribution >= 4 is 29.3 Å². The van der Waals surface area contributed by atoms with Crippen LogP contribution in [-0.4, -0.2) is 78.1 Å². The zero-order valence-corrected chi connectivity index (χ0v) is 25.5. The molecule has 2 unspecified atom stereocenters. The van der Waals surface area contributed by atoms with Crippen LogP contribution in [0.5, 0.6) is 11.5 Å². The van der Waals surface area contributed by atoms with E-state index < -0.39 is 30.0 Å². The second-order valence-electron chi connectivity index (χ2n) is 9.86. The number of pyridine rings is 1. The maximum absolute atomic E-state index is 13.4. The number of nitrogens with two attached hydrogens (primary N) is 1. The summed E-state index contributed by atoms with van der Waals surface area (Å²) in [6.45, 7) is 4.95. The number of carboxylic acids is 1. The molecule has 46 heavy (non-hydrogen) atoms. The third-order valence-electron chi connectivity index (χ3n) is 5.76. The van der Waals surface area contributed by atoms with Crippen LogP contribution in [0.2, 0.25) is 0 Å². The predicted molar refractivity (Wildman–Crippen MR) is 164 cm³/mol. The van der Waals surface area contributed by atoms with Gasteiger partial charge in [-0.25, -0.2) is 4.79 Å². The number of nitrogens with zero attached hydrogens (tertiary/aromatic N) is 2. The van der Waals surface area contributed by atoms with Crippen molar-refractivity contribution in [3.8, 4) is 11.5 Å². The summed E-state index contributed by atoms with van der Waals surface area (Å²) < 4.78 is 43.7. The summed E-state index contributed by atoms with van der Waals surface area (Å²) in [5.41, 5.74) is 12.3. The van der Waals surface area contributed by atoms with E-state index in [0.29, 0.717) is 41.5 Å². The minimum Gasteiger partial charge on any atom is -0.490 e. The Morgan fingerprint density at radius 3 is 2.22 bits per heavy atom. The Hall–Kier alpha value is -5.38. The molecule has 0 saturated heterocycles. The molecule has 3 rings (SSSR count). The van der Waals surface area contributed by atoms with Crippen molar-refractivity contribution in [2.75, 3.05) is 32.6 Å². The first-order valence-corrected chi connectivity index (χ1v) is 13.7. The third-order valence-corrected chi connectivity index (χ3v) is 5.76. The van der Waals surface area contributed by atoms with E-state index in [0.717, 1.165) is 0 Å². The van der Waals surface area contributed by atoms with Crippen LogP contribution >= 0.6 is 0 Å². The van der Waals surface area contributed by atoms with Crippen molar-refractivity contribution in [3.63, 3.8) is 0 Å². The van der Waals surface area contributed by atoms with E-state index in [1.807, 2.05) is 32.8 Å². The highest BCUT2D eigenvalue weighted by atomic mass is 19.4. The summed E-state index contributed by atoms with van der Waals surface area (Å²) in [5.74, 6) is -2.84. The van der Waals surface area contributed by atoms with Gasteiger partial charge in [-0.2, -0.15) is 13.2 Å². The molecule has 0 saturated carbocycles. The molecular weight excluding hydrogens is 611 g/mol. The number of anilines is 1. The molecule has 13 nitrogen and oxygen atoms in total. The molecule has 1 aromatic heterocycles. The van der Waals surface area contributed by atoms with E-state index in [-0.39, 0.29) is 17.6 Å². The summed E-state index contributed by atoms with van der Waals surface area (Å²) in [5, 5.41) is 17.9. The highest BCUT2D eigenvalue weighted by Gasteiger charge is 2.38. The zero-order chi connectivity index (χ0) is 34.4. The van der Waals surface area contributed by atoms with Crippen LogP contribution in [0, 0.1) is 5.41 Å². The lowest BCUT2D eigenvalue weighted by Gasteiger charge is -2.23. The quantitative estimate of drug-likeness (QED) is 0.0965. The number of benzene rings is 2. The second-order valence-corrected chi connectivity index (χ2v) is 9.86. The number of carboxylic acid groups (broad SMARTS) is 1. The summed E-state index contributed by atoms with van der Waals surface area (Å²) in [7, 11) is 3.94. The van der Waals surface area contributed by atoms with Crippen molar-refractivity contribution in [2.45, 2.75) is 32.2 Å². The predicted octanol–water partition coefficient (Wildman–Crippen LogP) is 3.34. The van der Waals surface area contributed by atoms with Crippen LogP contribution in [-0.2, 0) is 9.59 Å². The Morgan fingerprint density at radius 1 is 1.04 bits per heavy atom. The number of aromatic nitrogens is 1. The second kappa shape index (κ2) is 17.2. The fourth-order valence-electron chi connectivity index (χ4n) is 3.80. The van der Waals surface area contributed by atoms with Gasteiger partial charge in [0.2, 0.25) is 0 Å². The van der Waals surface area contributed by atoms with Crippen LogP contribution in [0.4, 0.5) is 18.9 Å². The van der Waals surface area contributed by atoms with Gasteiger partial charge in [-0.1, -0.05) is 12.1 Å². The van der Waals surface area contributed by atoms with Gasteiger partial charge in [0.1, 0.15) is 23.7 Å². The smallest absolute Gasteiger partial charge is 0.490 e. The lowest BCUT2D eigenvalue weighted by atomic mass is 10.0. The first kappa shape index (κ1) is 36.8. The van der Waals surface area contributed by atoms with Gasteiger partial charge >= 0.3 is 12.1 Å². The first-order chi connectivity index (χ1) is 21.6. The van der Waals surface area contributed by atoms with Gasteiger partial charge in [0.05, 0.1) is 6.61 Å². The number of hydrazine groups is 1. The molecule has 0 aliphatic carbocycles. The average molecular weight is 648 g/mol. The molecule has 16 heteroatoms. The Kier molecular flexibility index (Phi) is 13.8. The van der Waals surface area contributed by atoms with Crippen LogP contribution in [0.1, 0.15) is 41.5 Å². The molecule has 1 heterocycles. The van der Waals surface area contributed by atoms with Gasteiger partial charge in [-0.3, -0.25) is 30.8 Å². The van der Waals surface area contributed by atoms with E-state index in [9.17, 15) is 22.8 Å². The van der Waals surface area contributed by atoms with Crippen LogP contribution in [0.15, 0.2) is 66.9 Å². The zero-order valence-electron chi connectivity index (χ0n) is 25.5. The van der Waals surface area contributed by atoms with Crippen molar-refractivity contribution in [1.82, 2.24) is 20.7 Å². The molecule has 0 radical (unpaired) electrons. The standard InChI is InChI=1S/C28H35N7O4.C2HF3O2/c1-5-38-24-16-20(11-14-23(24)39-18(2)17-35(3)4)25(32-21-12-9-19(10-13-21)26(29)30)28(37)34-33-27(36)22-8-6-7-15-31-22;3-2(4,5)1(6)7/h6-16,18,25,32H,5,17H2,1-4H3,(H3,29,30)(H,33,36)(H,34,37);(H,6,7). The lowest BCUT2D eigenvalue weighted by molar-refractivity contribution is -0.192. The number of likely N-dealkylation sites (N-methyl/N-ethyl adjacent to an activating group) is 1. The summed E-state index contributed by atoms with van der Waals surface area (Å²) in [6.07, 6.45) is -3.69.